The van der Waals surface area contributed by atoms with Gasteiger partial charge in [0.2, 0.25) is 5.91 Å². The molecule has 3 N–H and O–H groups in total. The molecule has 1 heterocycles. The number of thiocarbonyl (C=S) groups is 1. The molecule has 1 fully saturated rings. The van der Waals surface area contributed by atoms with E-state index in [0.717, 1.165) is 0 Å². The highest BCUT2D eigenvalue weighted by Crippen LogP contribution is 2.02. The fourth-order valence-electron chi connectivity index (χ4n) is 1.08. The molecule has 4 nitrogen and oxygen atoms in total. The third-order valence-electron chi connectivity index (χ3n) is 1.78. The predicted molar refractivity (Wildman–Crippen MR) is 46.0 cm³/mol. The van der Waals surface area contributed by atoms with Gasteiger partial charge in [-0.1, -0.05) is 0 Å². The molecule has 0 spiro atoms. The minimum Gasteiger partial charge on any atom is -0.376 e. The molecule has 1 rings (SSSR count). The minimum absolute atomic E-state index is 0.0101. The zero-order valence-electron chi connectivity index (χ0n) is 6.33. The van der Waals surface area contributed by atoms with Crippen LogP contribution in [0.15, 0.2) is 0 Å². The van der Waals surface area contributed by atoms with Crippen LogP contribution in [-0.4, -0.2) is 35.1 Å². The van der Waals surface area contributed by atoms with Crippen LogP contribution < -0.4 is 11.1 Å². The van der Waals surface area contributed by atoms with E-state index in [1.807, 2.05) is 0 Å². The number of hydrogen-bond acceptors (Lipinski definition) is 2. The first-order valence-corrected chi connectivity index (χ1v) is 3.87. The van der Waals surface area contributed by atoms with Crippen molar-refractivity contribution in [2.75, 3.05) is 13.1 Å². The van der Waals surface area contributed by atoms with E-state index < -0.39 is 0 Å². The summed E-state index contributed by atoms with van der Waals surface area (Å²) in [5, 5.41) is 3.02. The van der Waals surface area contributed by atoms with Crippen molar-refractivity contribution in [1.29, 1.82) is 0 Å². The Hall–Kier alpha value is -0.840. The summed E-state index contributed by atoms with van der Waals surface area (Å²) in [6, 6.07) is -0.221. The Kier molecular flexibility index (Phi) is 2.28. The average Bonchev–Trinajstić information content (AvgIpc) is 1.94. The summed E-state index contributed by atoms with van der Waals surface area (Å²) >= 11 is 4.77. The number of piperazine rings is 1. The van der Waals surface area contributed by atoms with Gasteiger partial charge in [0.05, 0.1) is 0 Å². The van der Waals surface area contributed by atoms with Gasteiger partial charge in [0.1, 0.15) is 6.04 Å². The van der Waals surface area contributed by atoms with Crippen molar-refractivity contribution in [3.8, 4) is 0 Å². The number of hydrogen-bond donors (Lipinski definition) is 2. The van der Waals surface area contributed by atoms with Gasteiger partial charge in [-0.05, 0) is 19.1 Å². The molecule has 0 bridgehead atoms. The predicted octanol–water partition coefficient (Wildman–Crippen LogP) is -0.950. The second-order valence-electron chi connectivity index (χ2n) is 2.50. The van der Waals surface area contributed by atoms with Crippen LogP contribution >= 0.6 is 12.2 Å². The van der Waals surface area contributed by atoms with E-state index in [1.54, 1.807) is 11.8 Å². The standard InChI is InChI=1S/C6H11N3OS/c1-4-5(10)8-2-3-9(4)6(7)11/h4H,2-3H2,1H3,(H2,7,11)(H,8,10). The number of carbonyl (C=O) groups excluding carboxylic acids is 1. The highest BCUT2D eigenvalue weighted by molar-refractivity contribution is 7.80. The number of rotatable bonds is 0. The van der Waals surface area contributed by atoms with E-state index in [0.29, 0.717) is 18.2 Å². The average molecular weight is 173 g/mol. The third kappa shape index (κ3) is 1.59. The molecular formula is C6H11N3OS. The van der Waals surface area contributed by atoms with Gasteiger partial charge in [-0.25, -0.2) is 0 Å². The van der Waals surface area contributed by atoms with Gasteiger partial charge >= 0.3 is 0 Å². The highest BCUT2D eigenvalue weighted by Gasteiger charge is 2.25. The van der Waals surface area contributed by atoms with Gasteiger partial charge < -0.3 is 16.0 Å². The molecule has 0 radical (unpaired) electrons. The summed E-state index contributed by atoms with van der Waals surface area (Å²) in [5.41, 5.74) is 5.40. The Morgan fingerprint density at radius 3 is 3.00 bits per heavy atom. The molecule has 0 aromatic carbocycles. The fraction of sp³-hybridized carbons (Fsp3) is 0.667. The molecule has 62 valence electrons. The van der Waals surface area contributed by atoms with Crippen LogP contribution in [0.5, 0.6) is 0 Å². The maximum absolute atomic E-state index is 11.0. The number of carbonyl (C=O) groups is 1. The monoisotopic (exact) mass is 173 g/mol. The molecule has 0 aliphatic carbocycles. The molecule has 1 aliphatic heterocycles. The lowest BCUT2D eigenvalue weighted by molar-refractivity contribution is -0.126. The molecule has 0 saturated carbocycles. The normalized spacial score (nSPS) is 24.6. The fourth-order valence-corrected chi connectivity index (χ4v) is 1.33. The number of amides is 1. The zero-order valence-corrected chi connectivity index (χ0v) is 7.15. The van der Waals surface area contributed by atoms with E-state index in [2.05, 4.69) is 5.32 Å². The van der Waals surface area contributed by atoms with Gasteiger partial charge in [-0.2, -0.15) is 0 Å². The minimum atomic E-state index is -0.221. The topological polar surface area (TPSA) is 58.4 Å². The molecule has 0 aromatic rings. The zero-order chi connectivity index (χ0) is 8.43. The van der Waals surface area contributed by atoms with Crippen LogP contribution in [0.25, 0.3) is 0 Å². The van der Waals surface area contributed by atoms with E-state index >= 15 is 0 Å². The first-order valence-electron chi connectivity index (χ1n) is 3.46. The Balaban J connectivity index is 2.65. The summed E-state index contributed by atoms with van der Waals surface area (Å²) in [6.07, 6.45) is 0. The molecule has 1 atom stereocenters. The van der Waals surface area contributed by atoms with E-state index in [9.17, 15) is 4.79 Å². The highest BCUT2D eigenvalue weighted by atomic mass is 32.1. The summed E-state index contributed by atoms with van der Waals surface area (Å²) in [5.74, 6) is -0.0101. The second kappa shape index (κ2) is 3.04. The summed E-state index contributed by atoms with van der Waals surface area (Å²) in [6.45, 7) is 3.12. The number of nitrogens with zero attached hydrogens (tertiary/aromatic N) is 1. The van der Waals surface area contributed by atoms with Gasteiger partial charge in [-0.15, -0.1) is 0 Å². The number of nitrogens with two attached hydrogens (primary N) is 1. The van der Waals surface area contributed by atoms with Crippen LogP contribution in [0, 0.1) is 0 Å². The Labute approximate surface area is 70.7 Å². The maximum Gasteiger partial charge on any atom is 0.242 e. The Morgan fingerprint density at radius 1 is 1.91 bits per heavy atom. The van der Waals surface area contributed by atoms with Gasteiger partial charge in [0.25, 0.3) is 0 Å². The molecule has 0 aromatic heterocycles. The summed E-state index contributed by atoms with van der Waals surface area (Å²) in [7, 11) is 0. The SMILES string of the molecule is CC1C(=O)NCCN1C(N)=S. The Bertz CT molecular complexity index is 194. The van der Waals surface area contributed by atoms with Crippen molar-refractivity contribution in [3.63, 3.8) is 0 Å². The summed E-state index contributed by atoms with van der Waals surface area (Å²) < 4.78 is 0. The van der Waals surface area contributed by atoms with Gasteiger partial charge in [-0.3, -0.25) is 4.79 Å². The third-order valence-corrected chi connectivity index (χ3v) is 2.02. The number of nitrogens with one attached hydrogen (secondary N) is 1. The maximum atomic E-state index is 11.0. The summed E-state index contributed by atoms with van der Waals surface area (Å²) in [4.78, 5) is 12.8. The smallest absolute Gasteiger partial charge is 0.242 e. The van der Waals surface area contributed by atoms with E-state index in [1.165, 1.54) is 0 Å². The van der Waals surface area contributed by atoms with Crippen molar-refractivity contribution in [2.45, 2.75) is 13.0 Å². The van der Waals surface area contributed by atoms with E-state index in [-0.39, 0.29) is 11.9 Å². The lowest BCUT2D eigenvalue weighted by Gasteiger charge is -2.32. The lowest BCUT2D eigenvalue weighted by Crippen LogP contribution is -2.57. The second-order valence-corrected chi connectivity index (χ2v) is 2.92. The molecule has 5 heteroatoms. The van der Waals surface area contributed by atoms with Crippen LogP contribution in [0.1, 0.15) is 6.92 Å². The molecule has 1 saturated heterocycles. The molecule has 1 unspecified atom stereocenters. The van der Waals surface area contributed by atoms with Crippen LogP contribution in [0.2, 0.25) is 0 Å². The van der Waals surface area contributed by atoms with Gasteiger partial charge in [0, 0.05) is 13.1 Å². The lowest BCUT2D eigenvalue weighted by atomic mass is 10.2. The van der Waals surface area contributed by atoms with Crippen molar-refractivity contribution in [3.05, 3.63) is 0 Å². The first-order chi connectivity index (χ1) is 5.13. The van der Waals surface area contributed by atoms with Crippen LogP contribution in [-0.2, 0) is 4.79 Å². The van der Waals surface area contributed by atoms with Gasteiger partial charge in [0.15, 0.2) is 5.11 Å². The van der Waals surface area contributed by atoms with Crippen LogP contribution in [0.4, 0.5) is 0 Å². The largest absolute Gasteiger partial charge is 0.376 e. The van der Waals surface area contributed by atoms with Crippen molar-refractivity contribution in [1.82, 2.24) is 10.2 Å². The molecule has 1 aliphatic rings. The van der Waals surface area contributed by atoms with Crippen molar-refractivity contribution >= 4 is 23.2 Å². The van der Waals surface area contributed by atoms with Crippen molar-refractivity contribution in [2.24, 2.45) is 5.73 Å². The molecule has 11 heavy (non-hydrogen) atoms. The Morgan fingerprint density at radius 2 is 2.55 bits per heavy atom. The first kappa shape index (κ1) is 8.26. The van der Waals surface area contributed by atoms with Crippen LogP contribution in [0.3, 0.4) is 0 Å². The van der Waals surface area contributed by atoms with E-state index in [4.69, 9.17) is 18.0 Å². The molecular weight excluding hydrogens is 162 g/mol. The quantitative estimate of drug-likeness (QED) is 0.464. The molecule has 1 amide bonds. The van der Waals surface area contributed by atoms with Crippen molar-refractivity contribution < 1.29 is 4.79 Å².